The molecule has 0 spiro atoms. The van der Waals surface area contributed by atoms with Gasteiger partial charge in [-0.15, -0.1) is 0 Å². The summed E-state index contributed by atoms with van der Waals surface area (Å²) in [5.41, 5.74) is 4.31. The lowest BCUT2D eigenvalue weighted by Gasteiger charge is -2.36. The number of benzene rings is 2. The van der Waals surface area contributed by atoms with Crippen LogP contribution in [0, 0.1) is 0 Å². The van der Waals surface area contributed by atoms with Gasteiger partial charge in [-0.05, 0) is 48.5 Å². The number of fused-ring (bicyclic) bond motifs is 1. The van der Waals surface area contributed by atoms with E-state index in [1.54, 1.807) is 6.07 Å². The van der Waals surface area contributed by atoms with Gasteiger partial charge in [0.1, 0.15) is 11.6 Å². The molecule has 162 valence electrons. The number of halogens is 1. The quantitative estimate of drug-likeness (QED) is 0.467. The number of hydrogen-bond acceptors (Lipinski definition) is 6. The zero-order valence-electron chi connectivity index (χ0n) is 17.6. The summed E-state index contributed by atoms with van der Waals surface area (Å²) in [5, 5.41) is 0.678. The van der Waals surface area contributed by atoms with Gasteiger partial charge in [-0.2, -0.15) is 0 Å². The largest absolute Gasteiger partial charge is 0.465 e. The van der Waals surface area contributed by atoms with Gasteiger partial charge in [-0.3, -0.25) is 0 Å². The number of rotatable bonds is 4. The number of nitrogens with zero attached hydrogens (tertiary/aromatic N) is 4. The van der Waals surface area contributed by atoms with Crippen LogP contribution in [0.5, 0.6) is 0 Å². The van der Waals surface area contributed by atoms with Gasteiger partial charge in [-0.1, -0.05) is 17.7 Å². The molecule has 0 unspecified atom stereocenters. The van der Waals surface area contributed by atoms with E-state index in [2.05, 4.69) is 24.8 Å². The molecule has 1 saturated heterocycles. The normalized spacial score (nSPS) is 14.1. The van der Waals surface area contributed by atoms with Gasteiger partial charge in [0.2, 0.25) is 0 Å². The van der Waals surface area contributed by atoms with E-state index in [-0.39, 0.29) is 5.97 Å². The number of nitrogens with one attached hydrogen (secondary N) is 1. The number of hydrogen-bond donors (Lipinski definition) is 1. The Kier molecular flexibility index (Phi) is 5.41. The second-order valence-electron chi connectivity index (χ2n) is 7.67. The number of pyridine rings is 1. The number of esters is 1. The summed E-state index contributed by atoms with van der Waals surface area (Å²) in [7, 11) is 1.40. The topological polar surface area (TPSA) is 74.3 Å². The maximum Gasteiger partial charge on any atom is 0.337 e. The van der Waals surface area contributed by atoms with Crippen molar-refractivity contribution in [3.8, 4) is 11.4 Å². The maximum atomic E-state index is 11.8. The number of aromatic nitrogens is 3. The van der Waals surface area contributed by atoms with Crippen molar-refractivity contribution in [3.63, 3.8) is 0 Å². The first-order chi connectivity index (χ1) is 15.6. The minimum atomic E-state index is -0.317. The fourth-order valence-electron chi connectivity index (χ4n) is 3.97. The first kappa shape index (κ1) is 20.3. The van der Waals surface area contributed by atoms with Crippen LogP contribution in [0.25, 0.3) is 22.4 Å². The Morgan fingerprint density at radius 2 is 1.84 bits per heavy atom. The number of methoxy groups -OCH3 is 1. The number of carbonyl (C=O) groups is 1. The predicted molar refractivity (Wildman–Crippen MR) is 127 cm³/mol. The van der Waals surface area contributed by atoms with E-state index < -0.39 is 0 Å². The van der Waals surface area contributed by atoms with E-state index in [0.29, 0.717) is 10.6 Å². The molecule has 2 aromatic heterocycles. The van der Waals surface area contributed by atoms with Crippen molar-refractivity contribution in [2.45, 2.75) is 0 Å². The molecule has 0 saturated carbocycles. The van der Waals surface area contributed by atoms with Crippen LogP contribution < -0.4 is 9.80 Å². The van der Waals surface area contributed by atoms with Crippen molar-refractivity contribution in [2.75, 3.05) is 43.1 Å². The van der Waals surface area contributed by atoms with Crippen molar-refractivity contribution in [1.82, 2.24) is 15.0 Å². The van der Waals surface area contributed by atoms with Crippen molar-refractivity contribution in [2.24, 2.45) is 0 Å². The average Bonchev–Trinajstić information content (AvgIpc) is 3.27. The van der Waals surface area contributed by atoms with Gasteiger partial charge in [-0.25, -0.2) is 14.8 Å². The minimum absolute atomic E-state index is 0.317. The van der Waals surface area contributed by atoms with Gasteiger partial charge in [0.15, 0.2) is 0 Å². The molecular weight excluding hydrogens is 426 g/mol. The number of carbonyl (C=O) groups excluding carboxylic acids is 1. The van der Waals surface area contributed by atoms with Crippen LogP contribution in [-0.4, -0.2) is 54.2 Å². The molecule has 2 aromatic carbocycles. The zero-order valence-corrected chi connectivity index (χ0v) is 18.3. The van der Waals surface area contributed by atoms with E-state index in [0.717, 1.165) is 60.1 Å². The van der Waals surface area contributed by atoms with Crippen LogP contribution >= 0.6 is 11.6 Å². The lowest BCUT2D eigenvalue weighted by atomic mass is 10.1. The standard InChI is InChI=1S/C24H22ClN5O2/c1-32-24(31)16-3-2-4-19(13-16)29-9-11-30(12-10-29)22-8-5-17(15-26-22)23-27-20-7-6-18(25)14-21(20)28-23/h2-8,13-15H,9-12H2,1H3,(H,27,28). The lowest BCUT2D eigenvalue weighted by molar-refractivity contribution is 0.0600. The second kappa shape index (κ2) is 8.51. The molecule has 0 radical (unpaired) electrons. The first-order valence-electron chi connectivity index (χ1n) is 10.4. The Bertz CT molecular complexity index is 1260. The molecule has 1 aliphatic rings. The van der Waals surface area contributed by atoms with Gasteiger partial charge in [0.05, 0.1) is 23.7 Å². The summed E-state index contributed by atoms with van der Waals surface area (Å²) in [6, 6.07) is 17.2. The van der Waals surface area contributed by atoms with Crippen molar-refractivity contribution < 1.29 is 9.53 Å². The monoisotopic (exact) mass is 447 g/mol. The van der Waals surface area contributed by atoms with Crippen molar-refractivity contribution in [3.05, 3.63) is 71.4 Å². The molecule has 4 aromatic rings. The molecule has 1 aliphatic heterocycles. The number of ether oxygens (including phenoxy) is 1. The van der Waals surface area contributed by atoms with Gasteiger partial charge >= 0.3 is 5.97 Å². The fourth-order valence-corrected chi connectivity index (χ4v) is 4.15. The third-order valence-electron chi connectivity index (χ3n) is 5.70. The minimum Gasteiger partial charge on any atom is -0.465 e. The third-order valence-corrected chi connectivity index (χ3v) is 5.94. The average molecular weight is 448 g/mol. The number of piperazine rings is 1. The van der Waals surface area contributed by atoms with Crippen molar-refractivity contribution in [1.29, 1.82) is 0 Å². The Hall–Kier alpha value is -3.58. The molecule has 0 amide bonds. The van der Waals surface area contributed by atoms with E-state index in [1.165, 1.54) is 7.11 Å². The molecule has 0 atom stereocenters. The van der Waals surface area contributed by atoms with Crippen LogP contribution in [0.2, 0.25) is 5.02 Å². The summed E-state index contributed by atoms with van der Waals surface area (Å²) >= 11 is 6.07. The van der Waals surface area contributed by atoms with Gasteiger partial charge < -0.3 is 19.5 Å². The lowest BCUT2D eigenvalue weighted by Crippen LogP contribution is -2.46. The summed E-state index contributed by atoms with van der Waals surface area (Å²) in [4.78, 5) is 29.0. The maximum absolute atomic E-state index is 11.8. The highest BCUT2D eigenvalue weighted by atomic mass is 35.5. The number of imidazole rings is 1. The second-order valence-corrected chi connectivity index (χ2v) is 8.10. The Balaban J connectivity index is 1.26. The third kappa shape index (κ3) is 3.99. The van der Waals surface area contributed by atoms with E-state index in [9.17, 15) is 4.79 Å². The van der Waals surface area contributed by atoms with Gasteiger partial charge in [0, 0.05) is 48.6 Å². The van der Waals surface area contributed by atoms with Crippen LogP contribution in [-0.2, 0) is 4.74 Å². The summed E-state index contributed by atoms with van der Waals surface area (Å²) in [6.07, 6.45) is 1.85. The highest BCUT2D eigenvalue weighted by Gasteiger charge is 2.19. The number of H-pyrrole nitrogens is 1. The Morgan fingerprint density at radius 3 is 2.59 bits per heavy atom. The van der Waals surface area contributed by atoms with E-state index in [4.69, 9.17) is 16.3 Å². The smallest absolute Gasteiger partial charge is 0.337 e. The van der Waals surface area contributed by atoms with Crippen molar-refractivity contribution >= 4 is 40.1 Å². The predicted octanol–water partition coefficient (Wildman–Crippen LogP) is 4.39. The van der Waals surface area contributed by atoms with Gasteiger partial charge in [0.25, 0.3) is 0 Å². The molecule has 1 fully saturated rings. The van der Waals surface area contributed by atoms with Crippen LogP contribution in [0.15, 0.2) is 60.8 Å². The molecule has 1 N–H and O–H groups in total. The SMILES string of the molecule is COC(=O)c1cccc(N2CCN(c3ccc(-c4nc5ccc(Cl)cc5[nH]4)cn3)CC2)c1. The Labute approximate surface area is 190 Å². The Morgan fingerprint density at radius 1 is 1.03 bits per heavy atom. The molecule has 32 heavy (non-hydrogen) atoms. The molecule has 8 heteroatoms. The zero-order chi connectivity index (χ0) is 22.1. The first-order valence-corrected chi connectivity index (χ1v) is 10.8. The summed E-state index contributed by atoms with van der Waals surface area (Å²) in [5.74, 6) is 1.40. The number of anilines is 2. The molecular formula is C24H22ClN5O2. The highest BCUT2D eigenvalue weighted by Crippen LogP contribution is 2.25. The highest BCUT2D eigenvalue weighted by molar-refractivity contribution is 6.31. The molecule has 3 heterocycles. The van der Waals surface area contributed by atoms with Crippen LogP contribution in [0.3, 0.4) is 0 Å². The fraction of sp³-hybridized carbons (Fsp3) is 0.208. The molecule has 5 rings (SSSR count). The summed E-state index contributed by atoms with van der Waals surface area (Å²) < 4.78 is 4.83. The van der Waals surface area contributed by atoms with Crippen LogP contribution in [0.4, 0.5) is 11.5 Å². The summed E-state index contributed by atoms with van der Waals surface area (Å²) in [6.45, 7) is 3.38. The van der Waals surface area contributed by atoms with E-state index in [1.807, 2.05) is 54.7 Å². The van der Waals surface area contributed by atoms with Crippen LogP contribution in [0.1, 0.15) is 10.4 Å². The molecule has 7 nitrogen and oxygen atoms in total. The van der Waals surface area contributed by atoms with E-state index >= 15 is 0 Å². The molecule has 0 bridgehead atoms. The number of aromatic amines is 1. The molecule has 0 aliphatic carbocycles.